The number of carbonyl (C=O) groups excluding carboxylic acids is 3. The molecule has 1 aliphatic heterocycles. The van der Waals surface area contributed by atoms with Gasteiger partial charge in [0.15, 0.2) is 5.78 Å². The minimum absolute atomic E-state index is 0.136. The number of methoxy groups -OCH3 is 1. The average Bonchev–Trinajstić information content (AvgIpc) is 3.01. The van der Waals surface area contributed by atoms with Crippen molar-refractivity contribution in [3.63, 3.8) is 0 Å². The fourth-order valence-electron chi connectivity index (χ4n) is 5.90. The summed E-state index contributed by atoms with van der Waals surface area (Å²) in [4.78, 5) is 41.4. The van der Waals surface area contributed by atoms with E-state index in [1.54, 1.807) is 27.9 Å². The summed E-state index contributed by atoms with van der Waals surface area (Å²) in [6.07, 6.45) is 0.362. The molecule has 0 spiro atoms. The van der Waals surface area contributed by atoms with E-state index in [1.165, 1.54) is 0 Å². The molecule has 8 heteroatoms. The fraction of sp³-hybridized carbons (Fsp3) is 0.286. The maximum atomic E-state index is 14.5. The van der Waals surface area contributed by atoms with Gasteiger partial charge in [0.05, 0.1) is 25.9 Å². The lowest BCUT2D eigenvalue weighted by molar-refractivity contribution is -0.152. The fourth-order valence-corrected chi connectivity index (χ4v) is 5.90. The third-order valence-corrected chi connectivity index (χ3v) is 7.77. The molecule has 43 heavy (non-hydrogen) atoms. The molecule has 1 aliphatic carbocycles. The number of Topliss-reactive ketones (excluding diaryl/α,β-unsaturated/α-hetero) is 1. The Bertz CT molecular complexity index is 1570. The van der Waals surface area contributed by atoms with Crippen LogP contribution in [0.5, 0.6) is 17.2 Å². The van der Waals surface area contributed by atoms with E-state index >= 15 is 0 Å². The normalized spacial score (nSPS) is 19.7. The van der Waals surface area contributed by atoms with Gasteiger partial charge in [0.1, 0.15) is 23.2 Å². The van der Waals surface area contributed by atoms with E-state index in [4.69, 9.17) is 18.9 Å². The Labute approximate surface area is 251 Å². The zero-order valence-corrected chi connectivity index (χ0v) is 24.7. The number of hydrogen-bond donors (Lipinski definition) is 1. The van der Waals surface area contributed by atoms with Crippen LogP contribution in [0.1, 0.15) is 50.2 Å². The second-order valence-electron chi connectivity index (χ2n) is 10.4. The standard InChI is InChI=1S/C35H35NO7/c1-5-41-34(38)29-21(3)36-28-20-27(22-15-17-24(40-4)18-16-22)31(35(39)42-6-2)33(37)32(28)30(29)23-11-10-14-26(19-23)43-25-12-8-7-9-13-25/h7-19,27,30-31,36H,5-6,20H2,1-4H3/t27-,30+,31-/m1/s1. The van der Waals surface area contributed by atoms with Crippen LogP contribution < -0.4 is 14.8 Å². The molecule has 0 unspecified atom stereocenters. The van der Waals surface area contributed by atoms with Crippen molar-refractivity contribution in [2.45, 2.75) is 39.0 Å². The van der Waals surface area contributed by atoms with Crippen LogP contribution in [-0.4, -0.2) is 38.0 Å². The molecule has 1 heterocycles. The van der Waals surface area contributed by atoms with Crippen molar-refractivity contribution in [1.29, 1.82) is 0 Å². The summed E-state index contributed by atoms with van der Waals surface area (Å²) in [5.41, 5.74) is 3.41. The van der Waals surface area contributed by atoms with Crippen LogP contribution in [0.3, 0.4) is 0 Å². The highest BCUT2D eigenvalue weighted by Gasteiger charge is 2.49. The predicted molar refractivity (Wildman–Crippen MR) is 161 cm³/mol. The minimum atomic E-state index is -1.10. The lowest BCUT2D eigenvalue weighted by Gasteiger charge is -2.39. The number of ether oxygens (including phenoxy) is 4. The smallest absolute Gasteiger partial charge is 0.336 e. The Morgan fingerprint density at radius 3 is 2.21 bits per heavy atom. The van der Waals surface area contributed by atoms with Crippen LogP contribution in [0.4, 0.5) is 0 Å². The third-order valence-electron chi connectivity index (χ3n) is 7.77. The number of allylic oxidation sites excluding steroid dienone is 3. The Morgan fingerprint density at radius 1 is 0.837 bits per heavy atom. The maximum Gasteiger partial charge on any atom is 0.336 e. The van der Waals surface area contributed by atoms with E-state index in [2.05, 4.69) is 5.32 Å². The van der Waals surface area contributed by atoms with Gasteiger partial charge in [-0.05, 0) is 74.7 Å². The number of para-hydroxylation sites is 1. The van der Waals surface area contributed by atoms with Crippen molar-refractivity contribution in [3.8, 4) is 17.2 Å². The number of ketones is 1. The number of nitrogens with one attached hydrogen (secondary N) is 1. The summed E-state index contributed by atoms with van der Waals surface area (Å²) in [5.74, 6) is -1.99. The van der Waals surface area contributed by atoms with Crippen LogP contribution in [0, 0.1) is 5.92 Å². The number of rotatable bonds is 9. The summed E-state index contributed by atoms with van der Waals surface area (Å²) in [7, 11) is 1.58. The maximum absolute atomic E-state index is 14.5. The van der Waals surface area contributed by atoms with Gasteiger partial charge >= 0.3 is 11.9 Å². The van der Waals surface area contributed by atoms with Crippen LogP contribution >= 0.6 is 0 Å². The molecular weight excluding hydrogens is 546 g/mol. The van der Waals surface area contributed by atoms with Gasteiger partial charge < -0.3 is 24.3 Å². The van der Waals surface area contributed by atoms with Crippen LogP contribution in [0.2, 0.25) is 0 Å². The SMILES string of the molecule is CCOC(=O)C1=C(C)NC2=C(C(=O)[C@H](C(=O)OCC)[C@@H](c3ccc(OC)cc3)C2)[C@H]1c1cccc(Oc2ccccc2)c1. The quantitative estimate of drug-likeness (QED) is 0.236. The van der Waals surface area contributed by atoms with Gasteiger partial charge in [-0.2, -0.15) is 0 Å². The van der Waals surface area contributed by atoms with E-state index in [1.807, 2.05) is 78.9 Å². The zero-order chi connectivity index (χ0) is 30.5. The molecule has 3 aromatic rings. The van der Waals surface area contributed by atoms with E-state index in [9.17, 15) is 14.4 Å². The molecule has 0 saturated carbocycles. The van der Waals surface area contributed by atoms with Gasteiger partial charge in [-0.15, -0.1) is 0 Å². The topological polar surface area (TPSA) is 100 Å². The molecule has 222 valence electrons. The molecule has 3 aromatic carbocycles. The Kier molecular flexibility index (Phi) is 8.95. The molecule has 8 nitrogen and oxygen atoms in total. The van der Waals surface area contributed by atoms with Gasteiger partial charge in [0.2, 0.25) is 0 Å². The summed E-state index contributed by atoms with van der Waals surface area (Å²) in [6, 6.07) is 24.0. The van der Waals surface area contributed by atoms with Crippen LogP contribution in [0.25, 0.3) is 0 Å². The first kappa shape index (κ1) is 29.6. The summed E-state index contributed by atoms with van der Waals surface area (Å²) in [6.45, 7) is 5.56. The second-order valence-corrected chi connectivity index (χ2v) is 10.4. The molecule has 0 saturated heterocycles. The lowest BCUT2D eigenvalue weighted by atomic mass is 9.67. The number of benzene rings is 3. The predicted octanol–water partition coefficient (Wildman–Crippen LogP) is 6.20. The van der Waals surface area contributed by atoms with Crippen molar-refractivity contribution in [2.75, 3.05) is 20.3 Å². The number of dihydropyridines is 1. The van der Waals surface area contributed by atoms with Gasteiger partial charge in [-0.1, -0.05) is 42.5 Å². The van der Waals surface area contributed by atoms with Crippen molar-refractivity contribution >= 4 is 17.7 Å². The number of carbonyl (C=O) groups is 3. The van der Waals surface area contributed by atoms with Gasteiger partial charge in [-0.25, -0.2) is 4.79 Å². The minimum Gasteiger partial charge on any atom is -0.497 e. The third kappa shape index (κ3) is 6.04. The van der Waals surface area contributed by atoms with Crippen molar-refractivity contribution in [3.05, 3.63) is 113 Å². The van der Waals surface area contributed by atoms with Crippen molar-refractivity contribution < 1.29 is 33.3 Å². The molecule has 0 bridgehead atoms. The van der Waals surface area contributed by atoms with E-state index < -0.39 is 29.7 Å². The molecule has 3 atom stereocenters. The summed E-state index contributed by atoms with van der Waals surface area (Å²) in [5, 5.41) is 3.34. The summed E-state index contributed by atoms with van der Waals surface area (Å²) >= 11 is 0. The van der Waals surface area contributed by atoms with Crippen molar-refractivity contribution in [1.82, 2.24) is 5.32 Å². The monoisotopic (exact) mass is 581 g/mol. The highest BCUT2D eigenvalue weighted by Crippen LogP contribution is 2.48. The largest absolute Gasteiger partial charge is 0.497 e. The molecule has 0 amide bonds. The van der Waals surface area contributed by atoms with E-state index in [-0.39, 0.29) is 19.0 Å². The molecular formula is C35H35NO7. The van der Waals surface area contributed by atoms with E-state index in [0.717, 1.165) is 5.56 Å². The first-order valence-corrected chi connectivity index (χ1v) is 14.4. The number of esters is 2. The molecule has 0 aromatic heterocycles. The molecule has 1 N–H and O–H groups in total. The van der Waals surface area contributed by atoms with Crippen LogP contribution in [0.15, 0.2) is 101 Å². The Balaban J connectivity index is 1.64. The van der Waals surface area contributed by atoms with Crippen LogP contribution in [-0.2, 0) is 23.9 Å². The molecule has 0 fully saturated rings. The molecule has 5 rings (SSSR count). The van der Waals surface area contributed by atoms with Gasteiger partial charge in [0, 0.05) is 28.8 Å². The Hall–Kier alpha value is -4.85. The van der Waals surface area contributed by atoms with Crippen molar-refractivity contribution in [2.24, 2.45) is 5.92 Å². The molecule has 0 radical (unpaired) electrons. The zero-order valence-electron chi connectivity index (χ0n) is 24.7. The first-order valence-electron chi connectivity index (χ1n) is 14.4. The van der Waals surface area contributed by atoms with Gasteiger partial charge in [0.25, 0.3) is 0 Å². The highest BCUT2D eigenvalue weighted by molar-refractivity contribution is 6.13. The highest BCUT2D eigenvalue weighted by atomic mass is 16.5. The lowest BCUT2D eigenvalue weighted by Crippen LogP contribution is -2.43. The molecule has 2 aliphatic rings. The Morgan fingerprint density at radius 2 is 1.53 bits per heavy atom. The number of hydrogen-bond acceptors (Lipinski definition) is 8. The summed E-state index contributed by atoms with van der Waals surface area (Å²) < 4.78 is 22.3. The first-order chi connectivity index (χ1) is 20.9. The van der Waals surface area contributed by atoms with E-state index in [0.29, 0.717) is 51.8 Å². The van der Waals surface area contributed by atoms with Gasteiger partial charge in [-0.3, -0.25) is 9.59 Å². The average molecular weight is 582 g/mol. The second kappa shape index (κ2) is 13.0.